The van der Waals surface area contributed by atoms with Gasteiger partial charge in [-0.1, -0.05) is 60.7 Å². The molecule has 1 amide bonds. The van der Waals surface area contributed by atoms with Crippen molar-refractivity contribution < 1.29 is 24.2 Å². The Morgan fingerprint density at radius 1 is 1.10 bits per heavy atom. The number of ether oxygens (including phenoxy) is 2. The van der Waals surface area contributed by atoms with Crippen LogP contribution in [0.15, 0.2) is 60.7 Å². The molecule has 1 N–H and O–H groups in total. The van der Waals surface area contributed by atoms with E-state index in [1.54, 1.807) is 4.90 Å². The van der Waals surface area contributed by atoms with Gasteiger partial charge in [-0.05, 0) is 17.5 Å². The molecule has 0 aliphatic carbocycles. The maximum absolute atomic E-state index is 12.9. The number of fused-ring (bicyclic) bond motifs is 1. The van der Waals surface area contributed by atoms with Gasteiger partial charge >= 0.3 is 5.97 Å². The number of nitrogens with zero attached hydrogens (tertiary/aromatic N) is 1. The van der Waals surface area contributed by atoms with Crippen molar-refractivity contribution in [2.24, 2.45) is 11.3 Å². The molecule has 2 atom stereocenters. The molecule has 0 aromatic heterocycles. The van der Waals surface area contributed by atoms with Crippen LogP contribution in [0.4, 0.5) is 0 Å². The fourth-order valence-electron chi connectivity index (χ4n) is 4.38. The molecule has 2 aromatic carbocycles. The minimum atomic E-state index is -0.897. The number of likely N-dealkylation sites (tertiary alicyclic amines) is 1. The predicted octanol–water partition coefficient (Wildman–Crippen LogP) is 2.74. The number of carboxylic acid groups (broad SMARTS) is 1. The van der Waals surface area contributed by atoms with Crippen LogP contribution in [0.2, 0.25) is 0 Å². The van der Waals surface area contributed by atoms with Gasteiger partial charge in [0.25, 0.3) is 0 Å². The molecular formula is C23H25NO5. The van der Waals surface area contributed by atoms with E-state index >= 15 is 0 Å². The largest absolute Gasteiger partial charge is 0.481 e. The molecule has 2 heterocycles. The Labute approximate surface area is 170 Å². The number of carbonyl (C=O) groups excluding carboxylic acids is 1. The molecule has 0 radical (unpaired) electrons. The average Bonchev–Trinajstić information content (AvgIpc) is 3.17. The molecule has 2 fully saturated rings. The van der Waals surface area contributed by atoms with E-state index in [2.05, 4.69) is 0 Å². The van der Waals surface area contributed by atoms with E-state index in [4.69, 9.17) is 9.47 Å². The quantitative estimate of drug-likeness (QED) is 0.814. The first-order valence-corrected chi connectivity index (χ1v) is 9.90. The predicted molar refractivity (Wildman–Crippen MR) is 106 cm³/mol. The van der Waals surface area contributed by atoms with Crippen LogP contribution >= 0.6 is 0 Å². The number of hydrogen-bond acceptors (Lipinski definition) is 4. The molecule has 0 spiro atoms. The first-order chi connectivity index (χ1) is 14.1. The lowest BCUT2D eigenvalue weighted by atomic mass is 9.74. The van der Waals surface area contributed by atoms with Crippen molar-refractivity contribution >= 4 is 11.9 Å². The Morgan fingerprint density at radius 2 is 1.72 bits per heavy atom. The van der Waals surface area contributed by atoms with Gasteiger partial charge < -0.3 is 19.5 Å². The van der Waals surface area contributed by atoms with Gasteiger partial charge in [0.05, 0.1) is 12.0 Å². The van der Waals surface area contributed by atoms with Crippen LogP contribution in [-0.4, -0.2) is 54.8 Å². The molecule has 0 saturated carbocycles. The highest BCUT2D eigenvalue weighted by Crippen LogP contribution is 2.42. The third-order valence-corrected chi connectivity index (χ3v) is 6.06. The molecule has 6 heteroatoms. The second-order valence-electron chi connectivity index (χ2n) is 7.77. The number of carboxylic acids is 1. The summed E-state index contributed by atoms with van der Waals surface area (Å²) in [7, 11) is 0. The summed E-state index contributed by atoms with van der Waals surface area (Å²) < 4.78 is 11.5. The van der Waals surface area contributed by atoms with Gasteiger partial charge in [0.1, 0.15) is 12.7 Å². The standard InChI is InChI=1S/C23H25NO5/c25-20(24-13-19-14-28-12-11-23(19,16-24)22(26)27)15-29-21(17-7-3-1-4-8-17)18-9-5-2-6-10-18/h1-10,19,21H,11-16H2,(H,26,27)/t19-,23+/m0/s1. The zero-order valence-corrected chi connectivity index (χ0v) is 16.2. The van der Waals surface area contributed by atoms with E-state index in [0.717, 1.165) is 11.1 Å². The van der Waals surface area contributed by atoms with Crippen LogP contribution in [0.5, 0.6) is 0 Å². The molecule has 0 bridgehead atoms. The summed E-state index contributed by atoms with van der Waals surface area (Å²) in [5.74, 6) is -1.19. The second-order valence-corrected chi connectivity index (χ2v) is 7.77. The lowest BCUT2D eigenvalue weighted by molar-refractivity contribution is -0.157. The van der Waals surface area contributed by atoms with Crippen LogP contribution in [0, 0.1) is 11.3 Å². The van der Waals surface area contributed by atoms with Gasteiger partial charge in [-0.25, -0.2) is 0 Å². The Hall–Kier alpha value is -2.70. The highest BCUT2D eigenvalue weighted by atomic mass is 16.5. The van der Waals surface area contributed by atoms with E-state index < -0.39 is 11.4 Å². The minimum Gasteiger partial charge on any atom is -0.481 e. The van der Waals surface area contributed by atoms with Gasteiger partial charge in [0, 0.05) is 25.6 Å². The maximum atomic E-state index is 12.9. The van der Waals surface area contributed by atoms with Crippen molar-refractivity contribution in [3.63, 3.8) is 0 Å². The number of carbonyl (C=O) groups is 2. The van der Waals surface area contributed by atoms with Crippen LogP contribution in [0.1, 0.15) is 23.7 Å². The lowest BCUT2D eigenvalue weighted by Gasteiger charge is -2.33. The summed E-state index contributed by atoms with van der Waals surface area (Å²) in [6, 6.07) is 19.6. The maximum Gasteiger partial charge on any atom is 0.311 e. The zero-order chi connectivity index (χ0) is 20.3. The molecule has 4 rings (SSSR count). The molecule has 29 heavy (non-hydrogen) atoms. The molecule has 6 nitrogen and oxygen atoms in total. The van der Waals surface area contributed by atoms with Crippen molar-refractivity contribution in [1.82, 2.24) is 4.90 Å². The number of amides is 1. The monoisotopic (exact) mass is 395 g/mol. The van der Waals surface area contributed by atoms with Crippen LogP contribution in [0.3, 0.4) is 0 Å². The molecule has 2 saturated heterocycles. The highest BCUT2D eigenvalue weighted by molar-refractivity contribution is 5.82. The fraction of sp³-hybridized carbons (Fsp3) is 0.391. The van der Waals surface area contributed by atoms with Crippen molar-refractivity contribution in [2.75, 3.05) is 32.9 Å². The second kappa shape index (κ2) is 8.35. The average molecular weight is 395 g/mol. The summed E-state index contributed by atoms with van der Waals surface area (Å²) in [4.78, 5) is 26.5. The van der Waals surface area contributed by atoms with Gasteiger partial charge in [0.2, 0.25) is 5.91 Å². The van der Waals surface area contributed by atoms with E-state index in [-0.39, 0.29) is 31.1 Å². The topological polar surface area (TPSA) is 76.1 Å². The third-order valence-electron chi connectivity index (χ3n) is 6.06. The minimum absolute atomic E-state index is 0.0995. The first kappa shape index (κ1) is 19.6. The number of rotatable bonds is 6. The molecule has 2 aliphatic rings. The third kappa shape index (κ3) is 3.91. The molecule has 2 aliphatic heterocycles. The zero-order valence-electron chi connectivity index (χ0n) is 16.2. The van der Waals surface area contributed by atoms with E-state index in [9.17, 15) is 14.7 Å². The molecular weight excluding hydrogens is 370 g/mol. The Bertz CT molecular complexity index is 817. The summed E-state index contributed by atoms with van der Waals surface area (Å²) in [6.07, 6.45) is 0.0804. The Morgan fingerprint density at radius 3 is 2.28 bits per heavy atom. The van der Waals surface area contributed by atoms with E-state index in [0.29, 0.717) is 26.2 Å². The number of benzene rings is 2. The Balaban J connectivity index is 1.47. The Kier molecular flexibility index (Phi) is 5.65. The van der Waals surface area contributed by atoms with Crippen molar-refractivity contribution in [1.29, 1.82) is 0 Å². The summed E-state index contributed by atoms with van der Waals surface area (Å²) in [5, 5.41) is 9.79. The van der Waals surface area contributed by atoms with Crippen LogP contribution < -0.4 is 0 Å². The molecule has 0 unspecified atom stereocenters. The number of aliphatic carboxylic acids is 1. The summed E-state index contributed by atoms with van der Waals surface area (Å²) in [6.45, 7) is 1.33. The number of hydrogen-bond donors (Lipinski definition) is 1. The van der Waals surface area contributed by atoms with Gasteiger partial charge in [-0.15, -0.1) is 0 Å². The van der Waals surface area contributed by atoms with Gasteiger partial charge in [0.15, 0.2) is 0 Å². The lowest BCUT2D eigenvalue weighted by Crippen LogP contribution is -2.45. The summed E-state index contributed by atoms with van der Waals surface area (Å²) >= 11 is 0. The SMILES string of the molecule is O=C(COC(c1ccccc1)c1ccccc1)N1C[C@H]2COCC[C@@]2(C(=O)O)C1. The van der Waals surface area contributed by atoms with Crippen LogP contribution in [-0.2, 0) is 19.1 Å². The van der Waals surface area contributed by atoms with Crippen molar-refractivity contribution in [2.45, 2.75) is 12.5 Å². The van der Waals surface area contributed by atoms with Crippen molar-refractivity contribution in [3.8, 4) is 0 Å². The van der Waals surface area contributed by atoms with E-state index in [1.807, 2.05) is 60.7 Å². The first-order valence-electron chi connectivity index (χ1n) is 9.90. The van der Waals surface area contributed by atoms with E-state index in [1.165, 1.54) is 0 Å². The molecule has 2 aromatic rings. The smallest absolute Gasteiger partial charge is 0.311 e. The normalized spacial score (nSPS) is 23.8. The van der Waals surface area contributed by atoms with Gasteiger partial charge in [-0.3, -0.25) is 9.59 Å². The fourth-order valence-corrected chi connectivity index (χ4v) is 4.38. The highest BCUT2D eigenvalue weighted by Gasteiger charge is 2.54. The summed E-state index contributed by atoms with van der Waals surface area (Å²) in [5.41, 5.74) is 1.04. The van der Waals surface area contributed by atoms with Crippen LogP contribution in [0.25, 0.3) is 0 Å². The van der Waals surface area contributed by atoms with Crippen molar-refractivity contribution in [3.05, 3.63) is 71.8 Å². The molecule has 152 valence electrons. The van der Waals surface area contributed by atoms with Gasteiger partial charge in [-0.2, -0.15) is 0 Å².